The van der Waals surface area contributed by atoms with Crippen LogP contribution in [0.15, 0.2) is 54.7 Å². The van der Waals surface area contributed by atoms with E-state index in [1.807, 2.05) is 24.3 Å². The number of nitrogens with zero attached hydrogens (tertiary/aromatic N) is 3. The number of carbonyl (C=O) groups excluding carboxylic acids is 1. The molecular weight excluding hydrogens is 434 g/mol. The summed E-state index contributed by atoms with van der Waals surface area (Å²) >= 11 is 0. The lowest BCUT2D eigenvalue weighted by atomic mass is 9.65. The Balaban J connectivity index is 1.20. The maximum Gasteiger partial charge on any atom is 0.323 e. The predicted molar refractivity (Wildman–Crippen MR) is 146 cm³/mol. The molecule has 1 aliphatic carbocycles. The topological polar surface area (TPSA) is 52.5 Å². The van der Waals surface area contributed by atoms with E-state index >= 15 is 0 Å². The molecule has 186 valence electrons. The summed E-state index contributed by atoms with van der Waals surface area (Å²) in [6.45, 7) is 10.3. The molecule has 2 heterocycles. The van der Waals surface area contributed by atoms with Gasteiger partial charge in [0.15, 0.2) is 0 Å². The standard InChI is InChI=1S/C29H39N5O/c1-28(2)17-25-18-29(3,19-28)20-34(25)24-9-6-22(7-10-24)30-27(35)31-23-8-11-26-21(16-23)12-13-33(26)15-14-32(4)5/h6-13,16,25H,14-15,17-20H2,1-5H3,(H2,30,31,35)/t25-,29-/m1/s1. The lowest BCUT2D eigenvalue weighted by Gasteiger charge is -2.39. The van der Waals surface area contributed by atoms with Crippen molar-refractivity contribution in [1.82, 2.24) is 9.47 Å². The number of amides is 2. The highest BCUT2D eigenvalue weighted by atomic mass is 16.2. The highest BCUT2D eigenvalue weighted by Gasteiger charge is 2.49. The number of hydrogen-bond acceptors (Lipinski definition) is 3. The molecule has 2 aromatic carbocycles. The summed E-state index contributed by atoms with van der Waals surface area (Å²) in [6.07, 6.45) is 5.92. The zero-order valence-electron chi connectivity index (χ0n) is 21.8. The minimum atomic E-state index is -0.226. The van der Waals surface area contributed by atoms with Gasteiger partial charge < -0.3 is 25.0 Å². The number of hydrogen-bond donors (Lipinski definition) is 2. The van der Waals surface area contributed by atoms with Crippen molar-refractivity contribution in [2.24, 2.45) is 10.8 Å². The van der Waals surface area contributed by atoms with E-state index < -0.39 is 0 Å². The Hall–Kier alpha value is -2.99. The molecule has 5 rings (SSSR count). The first-order chi connectivity index (χ1) is 16.6. The number of nitrogens with one attached hydrogen (secondary N) is 2. The molecule has 2 fully saturated rings. The minimum Gasteiger partial charge on any atom is -0.368 e. The van der Waals surface area contributed by atoms with E-state index in [0.29, 0.717) is 16.9 Å². The fraction of sp³-hybridized carbons (Fsp3) is 0.483. The van der Waals surface area contributed by atoms with Gasteiger partial charge in [0.05, 0.1) is 0 Å². The van der Waals surface area contributed by atoms with Crippen LogP contribution in [-0.4, -0.2) is 48.7 Å². The Labute approximate surface area is 209 Å². The quantitative estimate of drug-likeness (QED) is 0.445. The van der Waals surface area contributed by atoms with Gasteiger partial charge in [0.2, 0.25) is 0 Å². The van der Waals surface area contributed by atoms with Gasteiger partial charge in [0.25, 0.3) is 0 Å². The van der Waals surface area contributed by atoms with Crippen molar-refractivity contribution in [3.8, 4) is 0 Å². The summed E-state index contributed by atoms with van der Waals surface area (Å²) in [5.41, 5.74) is 4.83. The van der Waals surface area contributed by atoms with Gasteiger partial charge in [-0.25, -0.2) is 4.79 Å². The van der Waals surface area contributed by atoms with Crippen LogP contribution in [0.1, 0.15) is 40.0 Å². The molecule has 0 spiro atoms. The van der Waals surface area contributed by atoms with Crippen LogP contribution in [0.3, 0.4) is 0 Å². The molecule has 2 atom stereocenters. The number of rotatable bonds is 6. The predicted octanol–water partition coefficient (Wildman–Crippen LogP) is 6.25. The SMILES string of the molecule is CN(C)CCn1ccc2cc(NC(=O)Nc3ccc(N4C[C@]5(C)C[C@H]4CC(C)(C)C5)cc3)ccc21. The Morgan fingerprint density at radius 2 is 1.71 bits per heavy atom. The summed E-state index contributed by atoms with van der Waals surface area (Å²) in [6, 6.07) is 16.9. The third kappa shape index (κ3) is 5.18. The first-order valence-electron chi connectivity index (χ1n) is 12.8. The summed E-state index contributed by atoms with van der Waals surface area (Å²) in [5.74, 6) is 0. The van der Waals surface area contributed by atoms with Crippen LogP contribution < -0.4 is 15.5 Å². The molecule has 2 amide bonds. The molecule has 1 aromatic heterocycles. The smallest absolute Gasteiger partial charge is 0.323 e. The monoisotopic (exact) mass is 473 g/mol. The summed E-state index contributed by atoms with van der Waals surface area (Å²) in [4.78, 5) is 17.4. The minimum absolute atomic E-state index is 0.226. The Morgan fingerprint density at radius 3 is 2.46 bits per heavy atom. The highest BCUT2D eigenvalue weighted by molar-refractivity contribution is 6.01. The van der Waals surface area contributed by atoms with Gasteiger partial charge in [-0.15, -0.1) is 0 Å². The van der Waals surface area contributed by atoms with Gasteiger partial charge >= 0.3 is 6.03 Å². The lowest BCUT2D eigenvalue weighted by Crippen LogP contribution is -2.34. The average Bonchev–Trinajstić information content (AvgIpc) is 3.28. The second-order valence-corrected chi connectivity index (χ2v) is 12.1. The Kier molecular flexibility index (Phi) is 6.04. The van der Waals surface area contributed by atoms with Crippen LogP contribution in [0.25, 0.3) is 10.9 Å². The van der Waals surface area contributed by atoms with E-state index in [1.165, 1.54) is 30.5 Å². The van der Waals surface area contributed by atoms with Crippen LogP contribution in [0.2, 0.25) is 0 Å². The van der Waals surface area contributed by atoms with Gasteiger partial charge in [-0.1, -0.05) is 20.8 Å². The number of urea groups is 1. The van der Waals surface area contributed by atoms with E-state index in [9.17, 15) is 4.79 Å². The molecule has 6 nitrogen and oxygen atoms in total. The Morgan fingerprint density at radius 1 is 1.00 bits per heavy atom. The lowest BCUT2D eigenvalue weighted by molar-refractivity contribution is 0.136. The van der Waals surface area contributed by atoms with E-state index in [1.54, 1.807) is 0 Å². The largest absolute Gasteiger partial charge is 0.368 e. The molecular formula is C29H39N5O. The van der Waals surface area contributed by atoms with Gasteiger partial charge in [-0.2, -0.15) is 0 Å². The molecule has 0 unspecified atom stereocenters. The second kappa shape index (κ2) is 8.90. The molecule has 3 aromatic rings. The van der Waals surface area contributed by atoms with Crippen LogP contribution in [0.4, 0.5) is 21.9 Å². The fourth-order valence-electron chi connectivity index (χ4n) is 6.57. The van der Waals surface area contributed by atoms with Crippen molar-refractivity contribution in [3.63, 3.8) is 0 Å². The Bertz CT molecular complexity index is 1210. The van der Waals surface area contributed by atoms with E-state index in [0.717, 1.165) is 36.4 Å². The average molecular weight is 474 g/mol. The maximum atomic E-state index is 12.7. The molecule has 1 saturated heterocycles. The van der Waals surface area contributed by atoms with Crippen LogP contribution in [0, 0.1) is 10.8 Å². The van der Waals surface area contributed by atoms with Gasteiger partial charge in [-0.05, 0) is 92.7 Å². The van der Waals surface area contributed by atoms with E-state index in [4.69, 9.17) is 0 Å². The molecule has 2 bridgehead atoms. The van der Waals surface area contributed by atoms with Crippen molar-refractivity contribution < 1.29 is 4.79 Å². The number of fused-ring (bicyclic) bond motifs is 3. The number of benzene rings is 2. The summed E-state index contributed by atoms with van der Waals surface area (Å²) in [5, 5.41) is 7.08. The van der Waals surface area contributed by atoms with Crippen LogP contribution >= 0.6 is 0 Å². The number of likely N-dealkylation sites (N-methyl/N-ethyl adjacent to an activating group) is 1. The highest BCUT2D eigenvalue weighted by Crippen LogP contribution is 2.53. The van der Waals surface area contributed by atoms with Crippen molar-refractivity contribution in [3.05, 3.63) is 54.7 Å². The maximum absolute atomic E-state index is 12.7. The fourth-order valence-corrected chi connectivity index (χ4v) is 6.57. The van der Waals surface area contributed by atoms with Crippen LogP contribution in [0.5, 0.6) is 0 Å². The van der Waals surface area contributed by atoms with Crippen molar-refractivity contribution in [1.29, 1.82) is 0 Å². The molecule has 1 saturated carbocycles. The third-order valence-corrected chi connectivity index (χ3v) is 7.69. The van der Waals surface area contributed by atoms with Crippen LogP contribution in [-0.2, 0) is 6.54 Å². The zero-order chi connectivity index (χ0) is 24.8. The number of anilines is 3. The van der Waals surface area contributed by atoms with E-state index in [-0.39, 0.29) is 6.03 Å². The molecule has 35 heavy (non-hydrogen) atoms. The molecule has 6 heteroatoms. The van der Waals surface area contributed by atoms with Gasteiger partial charge in [0.1, 0.15) is 0 Å². The summed E-state index contributed by atoms with van der Waals surface area (Å²) < 4.78 is 2.25. The van der Waals surface area contributed by atoms with Crippen molar-refractivity contribution in [2.45, 2.75) is 52.6 Å². The first-order valence-corrected chi connectivity index (χ1v) is 12.8. The first kappa shape index (κ1) is 23.7. The van der Waals surface area contributed by atoms with Gasteiger partial charge in [-0.3, -0.25) is 0 Å². The normalized spacial score (nSPS) is 23.1. The molecule has 2 N–H and O–H groups in total. The van der Waals surface area contributed by atoms with E-state index in [2.05, 4.69) is 90.3 Å². The number of aromatic nitrogens is 1. The molecule has 1 aliphatic heterocycles. The second-order valence-electron chi connectivity index (χ2n) is 12.1. The number of carbonyl (C=O) groups is 1. The summed E-state index contributed by atoms with van der Waals surface area (Å²) in [7, 11) is 4.16. The zero-order valence-corrected chi connectivity index (χ0v) is 21.8. The molecule has 0 radical (unpaired) electrons. The van der Waals surface area contributed by atoms with Crippen molar-refractivity contribution >= 4 is 34.0 Å². The third-order valence-electron chi connectivity index (χ3n) is 7.69. The molecule has 2 aliphatic rings. The van der Waals surface area contributed by atoms with Gasteiger partial charge in [0, 0.05) is 59.8 Å². The van der Waals surface area contributed by atoms with Crippen molar-refractivity contribution in [2.75, 3.05) is 42.7 Å².